The van der Waals surface area contributed by atoms with Crippen LogP contribution in [0.2, 0.25) is 6.04 Å². The number of carbonyl (C=O) groups excluding carboxylic acids is 1. The van der Waals surface area contributed by atoms with Crippen molar-refractivity contribution in [3.63, 3.8) is 0 Å². The van der Waals surface area contributed by atoms with Gasteiger partial charge in [0, 0.05) is 32.4 Å². The molecule has 0 heterocycles. The van der Waals surface area contributed by atoms with Crippen LogP contribution in [0.4, 0.5) is 0 Å². The van der Waals surface area contributed by atoms with Gasteiger partial charge in [-0.15, -0.1) is 0 Å². The lowest BCUT2D eigenvalue weighted by molar-refractivity contribution is -0.155. The fourth-order valence-corrected chi connectivity index (χ4v) is 7.38. The van der Waals surface area contributed by atoms with Gasteiger partial charge in [0.2, 0.25) is 5.91 Å². The van der Waals surface area contributed by atoms with E-state index in [0.717, 1.165) is 0 Å². The molecule has 3 atom stereocenters. The molecule has 33 heavy (non-hydrogen) atoms. The molecule has 0 bridgehead atoms. The molecule has 0 fully saturated rings. The van der Waals surface area contributed by atoms with E-state index in [2.05, 4.69) is 39.1 Å². The molecule has 0 spiro atoms. The molecule has 2 N–H and O–H groups in total. The van der Waals surface area contributed by atoms with Gasteiger partial charge < -0.3 is 23.7 Å². The number of rotatable bonds is 14. The number of carbonyl (C=O) groups is 2. The first-order chi connectivity index (χ1) is 15.3. The quantitative estimate of drug-likeness (QED) is 0.209. The minimum atomic E-state index is -2.78. The molecule has 1 aliphatic rings. The molecule has 3 unspecified atom stereocenters. The van der Waals surface area contributed by atoms with Crippen molar-refractivity contribution >= 4 is 20.7 Å². The lowest BCUT2D eigenvalue weighted by Gasteiger charge is -2.48. The standard InChI is InChI=1S/C25H47NO6Si/c1-10-30-33(31-11-2,32-12-3)17-13-16-26-22(27)20-19(25(8,9)18(4)5)14-15-24(6,7)21(20)23(28)29/h14-15,18-21H,10-13,16-17H2,1-9H3,(H,26,27)(H,28,29). The van der Waals surface area contributed by atoms with Crippen LogP contribution in [0, 0.1) is 34.5 Å². The van der Waals surface area contributed by atoms with Gasteiger partial charge in [0.25, 0.3) is 0 Å². The molecule has 1 aliphatic carbocycles. The van der Waals surface area contributed by atoms with Gasteiger partial charge in [0.1, 0.15) is 0 Å². The van der Waals surface area contributed by atoms with Crippen LogP contribution in [0.5, 0.6) is 0 Å². The molecule has 0 radical (unpaired) electrons. The summed E-state index contributed by atoms with van der Waals surface area (Å²) in [7, 11) is -2.78. The fourth-order valence-electron chi connectivity index (χ4n) is 4.76. The van der Waals surface area contributed by atoms with Crippen molar-refractivity contribution in [1.29, 1.82) is 0 Å². The highest BCUT2D eigenvalue weighted by Crippen LogP contribution is 2.50. The largest absolute Gasteiger partial charge is 0.500 e. The minimum absolute atomic E-state index is 0.171. The number of nitrogens with one attached hydrogen (secondary N) is 1. The highest BCUT2D eigenvalue weighted by Gasteiger charge is 2.52. The first-order valence-electron chi connectivity index (χ1n) is 12.4. The van der Waals surface area contributed by atoms with Gasteiger partial charge in [-0.25, -0.2) is 0 Å². The maximum absolute atomic E-state index is 13.5. The maximum atomic E-state index is 13.5. The molecule has 0 saturated heterocycles. The Labute approximate surface area is 202 Å². The second-order valence-corrected chi connectivity index (χ2v) is 13.1. The Morgan fingerprint density at radius 1 is 1.09 bits per heavy atom. The summed E-state index contributed by atoms with van der Waals surface area (Å²) in [4.78, 5) is 25.8. The third-order valence-electron chi connectivity index (χ3n) is 7.25. The second kappa shape index (κ2) is 12.5. The minimum Gasteiger partial charge on any atom is -0.481 e. The molecule has 192 valence electrons. The zero-order valence-corrected chi connectivity index (χ0v) is 23.2. The highest BCUT2D eigenvalue weighted by atomic mass is 28.4. The summed E-state index contributed by atoms with van der Waals surface area (Å²) < 4.78 is 17.7. The van der Waals surface area contributed by atoms with Crippen LogP contribution in [-0.2, 0) is 22.9 Å². The van der Waals surface area contributed by atoms with Crippen LogP contribution in [0.1, 0.15) is 68.7 Å². The predicted octanol–water partition coefficient (Wildman–Crippen LogP) is 4.75. The Morgan fingerprint density at radius 2 is 1.61 bits per heavy atom. The summed E-state index contributed by atoms with van der Waals surface area (Å²) in [5, 5.41) is 13.1. The summed E-state index contributed by atoms with van der Waals surface area (Å²) >= 11 is 0. The Bertz CT molecular complexity index is 659. The summed E-state index contributed by atoms with van der Waals surface area (Å²) in [5.74, 6) is -2.45. The third kappa shape index (κ3) is 7.38. The fraction of sp³-hybridized carbons (Fsp3) is 0.840. The zero-order chi connectivity index (χ0) is 25.4. The molecular weight excluding hydrogens is 438 g/mol. The van der Waals surface area contributed by atoms with E-state index in [1.807, 2.05) is 40.7 Å². The van der Waals surface area contributed by atoms with Gasteiger partial charge in [-0.1, -0.05) is 53.7 Å². The average molecular weight is 486 g/mol. The molecular formula is C25H47NO6Si. The monoisotopic (exact) mass is 485 g/mol. The number of carboxylic acids is 1. The van der Waals surface area contributed by atoms with Crippen LogP contribution >= 0.6 is 0 Å². The molecule has 1 rings (SSSR count). The topological polar surface area (TPSA) is 94.1 Å². The molecule has 0 aliphatic heterocycles. The van der Waals surface area contributed by atoms with E-state index in [-0.39, 0.29) is 23.2 Å². The number of amides is 1. The Hall–Kier alpha value is -1.22. The summed E-state index contributed by atoms with van der Waals surface area (Å²) in [6.45, 7) is 20.0. The van der Waals surface area contributed by atoms with E-state index in [4.69, 9.17) is 13.3 Å². The van der Waals surface area contributed by atoms with Gasteiger partial charge >= 0.3 is 14.8 Å². The Kier molecular flexibility index (Phi) is 11.3. The van der Waals surface area contributed by atoms with Crippen molar-refractivity contribution in [2.45, 2.75) is 74.8 Å². The average Bonchev–Trinajstić information content (AvgIpc) is 2.70. The first kappa shape index (κ1) is 29.8. The van der Waals surface area contributed by atoms with Gasteiger partial charge in [0.15, 0.2) is 0 Å². The summed E-state index contributed by atoms with van der Waals surface area (Å²) in [6, 6.07) is 0.599. The highest BCUT2D eigenvalue weighted by molar-refractivity contribution is 6.60. The molecule has 0 saturated carbocycles. The van der Waals surface area contributed by atoms with E-state index < -0.39 is 32.0 Å². The molecule has 1 amide bonds. The van der Waals surface area contributed by atoms with Crippen molar-refractivity contribution in [2.75, 3.05) is 26.4 Å². The predicted molar refractivity (Wildman–Crippen MR) is 133 cm³/mol. The first-order valence-corrected chi connectivity index (χ1v) is 14.3. The third-order valence-corrected chi connectivity index (χ3v) is 10.4. The van der Waals surface area contributed by atoms with Crippen LogP contribution in [0.3, 0.4) is 0 Å². The van der Waals surface area contributed by atoms with E-state index in [1.54, 1.807) is 0 Å². The van der Waals surface area contributed by atoms with Crippen molar-refractivity contribution in [3.8, 4) is 0 Å². The maximum Gasteiger partial charge on any atom is 0.500 e. The van der Waals surface area contributed by atoms with Crippen LogP contribution < -0.4 is 5.32 Å². The molecule has 8 heteroatoms. The molecule has 0 aromatic rings. The van der Waals surface area contributed by atoms with Crippen LogP contribution in [0.15, 0.2) is 12.2 Å². The van der Waals surface area contributed by atoms with Crippen LogP contribution in [-0.4, -0.2) is 52.2 Å². The lowest BCUT2D eigenvalue weighted by atomic mass is 9.55. The van der Waals surface area contributed by atoms with Gasteiger partial charge in [-0.3, -0.25) is 9.59 Å². The number of allylic oxidation sites excluding steroid dienone is 2. The number of carboxylic acid groups (broad SMARTS) is 1. The lowest BCUT2D eigenvalue weighted by Crippen LogP contribution is -2.53. The summed E-state index contributed by atoms with van der Waals surface area (Å²) in [5.41, 5.74) is -0.845. The van der Waals surface area contributed by atoms with E-state index in [1.165, 1.54) is 0 Å². The smallest absolute Gasteiger partial charge is 0.481 e. The van der Waals surface area contributed by atoms with Gasteiger partial charge in [-0.2, -0.15) is 0 Å². The van der Waals surface area contributed by atoms with Gasteiger partial charge in [0.05, 0.1) is 11.8 Å². The van der Waals surface area contributed by atoms with E-state index >= 15 is 0 Å². The summed E-state index contributed by atoms with van der Waals surface area (Å²) in [6.07, 6.45) is 4.69. The normalized spacial score (nSPS) is 23.0. The van der Waals surface area contributed by atoms with Crippen molar-refractivity contribution in [2.24, 2.45) is 34.5 Å². The number of hydrogen-bond donors (Lipinski definition) is 2. The zero-order valence-electron chi connectivity index (χ0n) is 22.2. The number of aliphatic carboxylic acids is 1. The van der Waals surface area contributed by atoms with Gasteiger partial charge in [-0.05, 0) is 49.9 Å². The molecule has 0 aromatic carbocycles. The number of hydrogen-bond acceptors (Lipinski definition) is 5. The van der Waals surface area contributed by atoms with Crippen molar-refractivity contribution in [1.82, 2.24) is 5.32 Å². The van der Waals surface area contributed by atoms with Crippen molar-refractivity contribution < 1.29 is 28.0 Å². The Balaban J connectivity index is 3.05. The van der Waals surface area contributed by atoms with Crippen molar-refractivity contribution in [3.05, 3.63) is 12.2 Å². The molecule has 0 aromatic heterocycles. The second-order valence-electron chi connectivity index (χ2n) is 10.4. The SMILES string of the molecule is CCO[Si](CCCNC(=O)C1C(C(=O)O)C(C)(C)C=CC1C(C)(C)C(C)C)(OCC)OCC. The van der Waals surface area contributed by atoms with Crippen LogP contribution in [0.25, 0.3) is 0 Å². The van der Waals surface area contributed by atoms with E-state index in [0.29, 0.717) is 38.8 Å². The molecule has 7 nitrogen and oxygen atoms in total. The Morgan fingerprint density at radius 3 is 2.03 bits per heavy atom. The van der Waals surface area contributed by atoms with E-state index in [9.17, 15) is 14.7 Å².